The quantitative estimate of drug-likeness (QED) is 0.775. The molecule has 1 aromatic heterocycles. The lowest BCUT2D eigenvalue weighted by Crippen LogP contribution is -2.23. The Hall–Kier alpha value is -2.21. The first-order chi connectivity index (χ1) is 7.70. The van der Waals surface area contributed by atoms with E-state index >= 15 is 0 Å². The fourth-order valence-corrected chi connectivity index (χ4v) is 1.35. The zero-order valence-electron chi connectivity index (χ0n) is 8.32. The summed E-state index contributed by atoms with van der Waals surface area (Å²) in [5.41, 5.74) is 6.59. The van der Waals surface area contributed by atoms with Crippen molar-refractivity contribution >= 4 is 5.97 Å². The van der Waals surface area contributed by atoms with Crippen molar-refractivity contribution in [3.05, 3.63) is 42.2 Å². The molecule has 0 spiro atoms. The second-order valence-corrected chi connectivity index (χ2v) is 3.22. The summed E-state index contributed by atoms with van der Waals surface area (Å²) >= 11 is 0. The number of carbonyl (C=O) groups is 1. The summed E-state index contributed by atoms with van der Waals surface area (Å²) in [6.45, 7) is 0. The smallest absolute Gasteiger partial charge is 0.326 e. The third-order valence-corrected chi connectivity index (χ3v) is 2.16. The van der Waals surface area contributed by atoms with Gasteiger partial charge in [-0.05, 0) is 12.1 Å². The van der Waals surface area contributed by atoms with Crippen molar-refractivity contribution in [2.45, 2.75) is 6.04 Å². The van der Waals surface area contributed by atoms with Gasteiger partial charge in [-0.25, -0.2) is 4.68 Å². The van der Waals surface area contributed by atoms with Crippen molar-refractivity contribution in [1.82, 2.24) is 15.0 Å². The molecule has 3 N–H and O–H groups in total. The molecule has 0 bridgehead atoms. The molecule has 0 radical (unpaired) electrons. The first kappa shape index (κ1) is 10.3. The van der Waals surface area contributed by atoms with Crippen molar-refractivity contribution in [2.75, 3.05) is 0 Å². The number of aliphatic carboxylic acids is 1. The van der Waals surface area contributed by atoms with Gasteiger partial charge in [0.15, 0.2) is 0 Å². The molecular formula is C10H10N4O2. The normalized spacial score (nSPS) is 12.3. The largest absolute Gasteiger partial charge is 0.480 e. The second-order valence-electron chi connectivity index (χ2n) is 3.22. The number of carboxylic acid groups (broad SMARTS) is 1. The fourth-order valence-electron chi connectivity index (χ4n) is 1.35. The molecule has 1 atom stereocenters. The molecule has 2 aromatic rings. The summed E-state index contributed by atoms with van der Waals surface area (Å²) in [6.07, 6.45) is 1.35. The molecule has 1 aromatic carbocycles. The van der Waals surface area contributed by atoms with Gasteiger partial charge in [0.25, 0.3) is 0 Å². The van der Waals surface area contributed by atoms with E-state index in [1.54, 1.807) is 12.1 Å². The minimum Gasteiger partial charge on any atom is -0.480 e. The van der Waals surface area contributed by atoms with E-state index in [2.05, 4.69) is 10.3 Å². The van der Waals surface area contributed by atoms with Crippen LogP contribution in [0.3, 0.4) is 0 Å². The molecule has 1 unspecified atom stereocenters. The average molecular weight is 218 g/mol. The Kier molecular flexibility index (Phi) is 2.65. The molecule has 1 heterocycles. The number of benzene rings is 1. The molecule has 6 nitrogen and oxygen atoms in total. The number of nitrogens with two attached hydrogens (primary N) is 1. The van der Waals surface area contributed by atoms with Crippen molar-refractivity contribution in [3.8, 4) is 5.69 Å². The van der Waals surface area contributed by atoms with Crippen LogP contribution in [0.5, 0.6) is 0 Å². The molecule has 0 saturated carbocycles. The number of rotatable bonds is 3. The highest BCUT2D eigenvalue weighted by Crippen LogP contribution is 2.14. The number of carboxylic acids is 1. The molecule has 2 rings (SSSR count). The van der Waals surface area contributed by atoms with Crippen LogP contribution in [0.1, 0.15) is 11.7 Å². The van der Waals surface area contributed by atoms with Gasteiger partial charge < -0.3 is 10.8 Å². The van der Waals surface area contributed by atoms with Crippen LogP contribution in [0.25, 0.3) is 5.69 Å². The van der Waals surface area contributed by atoms with Crippen LogP contribution < -0.4 is 5.73 Å². The van der Waals surface area contributed by atoms with Gasteiger partial charge in [-0.3, -0.25) is 4.79 Å². The third-order valence-electron chi connectivity index (χ3n) is 2.16. The number of nitrogens with zero attached hydrogens (tertiary/aromatic N) is 3. The molecular weight excluding hydrogens is 208 g/mol. The lowest BCUT2D eigenvalue weighted by Gasteiger charge is -2.08. The third kappa shape index (κ3) is 1.78. The summed E-state index contributed by atoms with van der Waals surface area (Å²) in [5.74, 6) is -1.11. The molecule has 0 aliphatic carbocycles. The second kappa shape index (κ2) is 4.11. The molecule has 6 heteroatoms. The molecule has 0 fully saturated rings. The number of para-hydroxylation sites is 1. The molecule has 0 saturated heterocycles. The lowest BCUT2D eigenvalue weighted by molar-refractivity contribution is -0.138. The van der Waals surface area contributed by atoms with Crippen LogP contribution in [-0.4, -0.2) is 26.1 Å². The first-order valence-electron chi connectivity index (χ1n) is 4.64. The van der Waals surface area contributed by atoms with Gasteiger partial charge in [0.2, 0.25) is 0 Å². The van der Waals surface area contributed by atoms with Crippen LogP contribution in [-0.2, 0) is 4.79 Å². The topological polar surface area (TPSA) is 94.0 Å². The standard InChI is InChI=1S/C10H10N4O2/c11-9(10(15)16)8-6-12-13-14(8)7-4-2-1-3-5-7/h1-6,9H,11H2,(H,15,16). The van der Waals surface area contributed by atoms with E-state index in [1.165, 1.54) is 10.9 Å². The summed E-state index contributed by atoms with van der Waals surface area (Å²) in [7, 11) is 0. The number of aromatic nitrogens is 3. The van der Waals surface area contributed by atoms with Gasteiger partial charge in [-0.2, -0.15) is 0 Å². The van der Waals surface area contributed by atoms with Gasteiger partial charge in [0.1, 0.15) is 6.04 Å². The Bertz CT molecular complexity index is 495. The van der Waals surface area contributed by atoms with E-state index in [1.807, 2.05) is 18.2 Å². The van der Waals surface area contributed by atoms with E-state index in [-0.39, 0.29) is 0 Å². The van der Waals surface area contributed by atoms with Gasteiger partial charge in [-0.15, -0.1) is 5.10 Å². The van der Waals surface area contributed by atoms with Crippen molar-refractivity contribution in [3.63, 3.8) is 0 Å². The first-order valence-corrected chi connectivity index (χ1v) is 4.64. The molecule has 82 valence electrons. The Balaban J connectivity index is 2.44. The summed E-state index contributed by atoms with van der Waals surface area (Å²) in [5, 5.41) is 16.3. The van der Waals surface area contributed by atoms with E-state index in [0.29, 0.717) is 5.69 Å². The maximum atomic E-state index is 10.8. The Labute approximate surface area is 91.3 Å². The maximum Gasteiger partial charge on any atom is 0.326 e. The summed E-state index contributed by atoms with van der Waals surface area (Å²) in [6, 6.07) is 7.98. The van der Waals surface area contributed by atoms with E-state index in [9.17, 15) is 4.79 Å². The van der Waals surface area contributed by atoms with Gasteiger partial charge in [0, 0.05) is 0 Å². The maximum absolute atomic E-state index is 10.8. The van der Waals surface area contributed by atoms with E-state index in [4.69, 9.17) is 10.8 Å². The number of hydrogen-bond acceptors (Lipinski definition) is 4. The van der Waals surface area contributed by atoms with E-state index in [0.717, 1.165) is 5.69 Å². The zero-order chi connectivity index (χ0) is 11.5. The molecule has 16 heavy (non-hydrogen) atoms. The van der Waals surface area contributed by atoms with E-state index < -0.39 is 12.0 Å². The molecule has 0 aliphatic rings. The Morgan fingerprint density at radius 2 is 2.06 bits per heavy atom. The van der Waals surface area contributed by atoms with Gasteiger partial charge >= 0.3 is 5.97 Å². The highest BCUT2D eigenvalue weighted by atomic mass is 16.4. The summed E-state index contributed by atoms with van der Waals surface area (Å²) in [4.78, 5) is 10.8. The Morgan fingerprint density at radius 3 is 2.69 bits per heavy atom. The van der Waals surface area contributed by atoms with Crippen LogP contribution in [0.2, 0.25) is 0 Å². The highest BCUT2D eigenvalue weighted by molar-refractivity contribution is 5.74. The van der Waals surface area contributed by atoms with Crippen LogP contribution >= 0.6 is 0 Å². The van der Waals surface area contributed by atoms with Gasteiger partial charge in [0.05, 0.1) is 17.6 Å². The summed E-state index contributed by atoms with van der Waals surface area (Å²) < 4.78 is 1.42. The minimum absolute atomic E-state index is 0.346. The highest BCUT2D eigenvalue weighted by Gasteiger charge is 2.20. The van der Waals surface area contributed by atoms with Crippen LogP contribution in [0.15, 0.2) is 36.5 Å². The zero-order valence-corrected chi connectivity index (χ0v) is 8.32. The van der Waals surface area contributed by atoms with Crippen molar-refractivity contribution < 1.29 is 9.90 Å². The van der Waals surface area contributed by atoms with Gasteiger partial charge in [-0.1, -0.05) is 23.4 Å². The van der Waals surface area contributed by atoms with Crippen LogP contribution in [0, 0.1) is 0 Å². The minimum atomic E-state index is -1.13. The predicted octanol–water partition coefficient (Wildman–Crippen LogP) is 0.352. The lowest BCUT2D eigenvalue weighted by atomic mass is 10.2. The monoisotopic (exact) mass is 218 g/mol. The fraction of sp³-hybridized carbons (Fsp3) is 0.100. The molecule has 0 amide bonds. The predicted molar refractivity (Wildman–Crippen MR) is 55.9 cm³/mol. The average Bonchev–Trinajstić information content (AvgIpc) is 2.77. The SMILES string of the molecule is NC(C(=O)O)c1cnnn1-c1ccccc1. The number of hydrogen-bond donors (Lipinski definition) is 2. The Morgan fingerprint density at radius 1 is 1.38 bits per heavy atom. The van der Waals surface area contributed by atoms with Crippen molar-refractivity contribution in [1.29, 1.82) is 0 Å². The molecule has 0 aliphatic heterocycles. The van der Waals surface area contributed by atoms with Crippen molar-refractivity contribution in [2.24, 2.45) is 5.73 Å². The van der Waals surface area contributed by atoms with Crippen LogP contribution in [0.4, 0.5) is 0 Å².